The van der Waals surface area contributed by atoms with Crippen LogP contribution in [0.5, 0.6) is 11.6 Å². The van der Waals surface area contributed by atoms with Crippen molar-refractivity contribution < 1.29 is 24.0 Å². The Morgan fingerprint density at radius 3 is 2.81 bits per heavy atom. The Morgan fingerprint density at radius 1 is 1.48 bits per heavy atom. The van der Waals surface area contributed by atoms with Crippen LogP contribution < -0.4 is 4.74 Å². The van der Waals surface area contributed by atoms with Gasteiger partial charge < -0.3 is 9.84 Å². The molecule has 1 heterocycles. The number of aromatic nitrogens is 1. The number of hydrogen-bond donors (Lipinski definition) is 1. The fraction of sp³-hybridized carbons (Fsp3) is 0.0769. The van der Waals surface area contributed by atoms with Crippen molar-refractivity contribution in [1.29, 1.82) is 0 Å². The molecule has 8 heteroatoms. The Kier molecular flexibility index (Phi) is 3.79. The Balaban J connectivity index is 2.53. The Bertz CT molecular complexity index is 732. The van der Waals surface area contributed by atoms with Gasteiger partial charge in [-0.25, -0.2) is 14.2 Å². The van der Waals surface area contributed by atoms with E-state index in [4.69, 9.17) is 9.84 Å². The number of carboxylic acid groups (broad SMARTS) is 1. The minimum Gasteiger partial charge on any atom is -0.477 e. The quantitative estimate of drug-likeness (QED) is 0.686. The summed E-state index contributed by atoms with van der Waals surface area (Å²) in [4.78, 5) is 24.9. The fourth-order valence-electron chi connectivity index (χ4n) is 1.67. The van der Waals surface area contributed by atoms with E-state index < -0.39 is 28.2 Å². The summed E-state index contributed by atoms with van der Waals surface area (Å²) in [5, 5.41) is 20.0. The molecule has 0 saturated carbocycles. The molecule has 0 saturated heterocycles. The van der Waals surface area contributed by atoms with Gasteiger partial charge >= 0.3 is 11.7 Å². The number of carboxylic acids is 1. The lowest BCUT2D eigenvalue weighted by Crippen LogP contribution is -2.04. The van der Waals surface area contributed by atoms with Crippen LogP contribution in [-0.2, 0) is 0 Å². The van der Waals surface area contributed by atoms with E-state index in [1.54, 1.807) is 13.0 Å². The summed E-state index contributed by atoms with van der Waals surface area (Å²) in [6.07, 6.45) is 0.770. The third kappa shape index (κ3) is 2.94. The molecule has 0 aliphatic carbocycles. The lowest BCUT2D eigenvalue weighted by Gasteiger charge is -2.10. The van der Waals surface area contributed by atoms with Gasteiger partial charge in [-0.1, -0.05) is 12.1 Å². The zero-order chi connectivity index (χ0) is 15.6. The Labute approximate surface area is 117 Å². The highest BCUT2D eigenvalue weighted by Crippen LogP contribution is 2.34. The van der Waals surface area contributed by atoms with E-state index in [-0.39, 0.29) is 11.4 Å². The maximum Gasteiger partial charge on any atom is 0.341 e. The highest BCUT2D eigenvalue weighted by atomic mass is 19.1. The second-order valence-corrected chi connectivity index (χ2v) is 4.09. The third-order valence-corrected chi connectivity index (χ3v) is 2.63. The van der Waals surface area contributed by atoms with Gasteiger partial charge in [0.15, 0.2) is 0 Å². The molecule has 1 aromatic carbocycles. The number of pyridine rings is 1. The van der Waals surface area contributed by atoms with Crippen molar-refractivity contribution in [2.24, 2.45) is 0 Å². The molecule has 7 nitrogen and oxygen atoms in total. The van der Waals surface area contributed by atoms with Crippen molar-refractivity contribution in [3.05, 3.63) is 57.5 Å². The number of nitrogens with zero attached hydrogens (tertiary/aromatic N) is 2. The van der Waals surface area contributed by atoms with Crippen LogP contribution >= 0.6 is 0 Å². The lowest BCUT2D eigenvalue weighted by atomic mass is 10.2. The molecule has 108 valence electrons. The van der Waals surface area contributed by atoms with Crippen LogP contribution in [0.15, 0.2) is 30.5 Å². The largest absolute Gasteiger partial charge is 0.477 e. The van der Waals surface area contributed by atoms with Gasteiger partial charge in [-0.2, -0.15) is 0 Å². The monoisotopic (exact) mass is 292 g/mol. The van der Waals surface area contributed by atoms with E-state index in [2.05, 4.69) is 4.98 Å². The molecule has 1 aromatic heterocycles. The summed E-state index contributed by atoms with van der Waals surface area (Å²) in [6.45, 7) is 1.56. The number of carbonyl (C=O) groups is 1. The van der Waals surface area contributed by atoms with Crippen LogP contribution in [0.25, 0.3) is 0 Å². The second-order valence-electron chi connectivity index (χ2n) is 4.09. The minimum absolute atomic E-state index is 0.135. The first kappa shape index (κ1) is 14.4. The van der Waals surface area contributed by atoms with Crippen molar-refractivity contribution in [1.82, 2.24) is 4.98 Å². The molecule has 1 N–H and O–H groups in total. The summed E-state index contributed by atoms with van der Waals surface area (Å²) < 4.78 is 18.3. The molecular formula is C13H9FN2O5. The van der Waals surface area contributed by atoms with E-state index >= 15 is 0 Å². The van der Waals surface area contributed by atoms with Crippen molar-refractivity contribution in [2.45, 2.75) is 6.92 Å². The van der Waals surface area contributed by atoms with Gasteiger partial charge in [-0.3, -0.25) is 10.1 Å². The topological polar surface area (TPSA) is 103 Å². The molecule has 21 heavy (non-hydrogen) atoms. The molecule has 2 aromatic rings. The predicted molar refractivity (Wildman–Crippen MR) is 69.1 cm³/mol. The van der Waals surface area contributed by atoms with Gasteiger partial charge in [-0.15, -0.1) is 0 Å². The van der Waals surface area contributed by atoms with Gasteiger partial charge in [0.2, 0.25) is 11.6 Å². The van der Waals surface area contributed by atoms with Crippen molar-refractivity contribution in [3.63, 3.8) is 0 Å². The maximum absolute atomic E-state index is 13.0. The second kappa shape index (κ2) is 5.53. The number of para-hydroxylation sites is 1. The first-order valence-corrected chi connectivity index (χ1v) is 5.71. The van der Waals surface area contributed by atoms with Crippen molar-refractivity contribution in [2.75, 3.05) is 0 Å². The van der Waals surface area contributed by atoms with Crippen LogP contribution in [0.1, 0.15) is 15.9 Å². The first-order chi connectivity index (χ1) is 9.90. The molecule has 0 unspecified atom stereocenters. The summed E-state index contributed by atoms with van der Waals surface area (Å²) in [6, 6.07) is 4.98. The van der Waals surface area contributed by atoms with Crippen LogP contribution in [0.4, 0.5) is 10.1 Å². The number of rotatable bonds is 4. The number of aryl methyl sites for hydroxylation is 1. The van der Waals surface area contributed by atoms with Gasteiger partial charge in [0.25, 0.3) is 0 Å². The van der Waals surface area contributed by atoms with Gasteiger partial charge in [0.05, 0.1) is 11.1 Å². The molecule has 0 spiro atoms. The summed E-state index contributed by atoms with van der Waals surface area (Å²) in [5.74, 6) is -2.85. The highest BCUT2D eigenvalue weighted by molar-refractivity contribution is 5.90. The highest BCUT2D eigenvalue weighted by Gasteiger charge is 2.22. The first-order valence-electron chi connectivity index (χ1n) is 5.71. The fourth-order valence-corrected chi connectivity index (χ4v) is 1.67. The number of halogens is 1. The zero-order valence-electron chi connectivity index (χ0n) is 10.7. The van der Waals surface area contributed by atoms with E-state index in [0.717, 1.165) is 12.3 Å². The molecule has 2 rings (SSSR count). The number of ether oxygens (including phenoxy) is 1. The van der Waals surface area contributed by atoms with E-state index in [1.807, 2.05) is 0 Å². The number of nitro groups is 1. The average Bonchev–Trinajstić information content (AvgIpc) is 2.42. The molecular weight excluding hydrogens is 283 g/mol. The standard InChI is InChI=1S/C13H9FN2O5/c1-7-3-2-4-10(16(19)20)11(7)21-12-9(13(17)18)5-8(14)6-15-12/h2-6H,1H3,(H,17,18). The van der Waals surface area contributed by atoms with Crippen LogP contribution in [0, 0.1) is 22.9 Å². The average molecular weight is 292 g/mol. The molecule has 0 fully saturated rings. The smallest absolute Gasteiger partial charge is 0.341 e. The van der Waals surface area contributed by atoms with Gasteiger partial charge in [-0.05, 0) is 18.6 Å². The van der Waals surface area contributed by atoms with Crippen LogP contribution in [-0.4, -0.2) is 21.0 Å². The third-order valence-electron chi connectivity index (χ3n) is 2.63. The molecule has 0 aliphatic rings. The Hall–Kier alpha value is -3.03. The Morgan fingerprint density at radius 2 is 2.19 bits per heavy atom. The van der Waals surface area contributed by atoms with E-state index in [1.165, 1.54) is 12.1 Å². The lowest BCUT2D eigenvalue weighted by molar-refractivity contribution is -0.385. The summed E-state index contributed by atoms with van der Waals surface area (Å²) in [5.41, 5.74) is -0.434. The molecule has 0 bridgehead atoms. The van der Waals surface area contributed by atoms with E-state index in [0.29, 0.717) is 5.56 Å². The molecule has 0 radical (unpaired) electrons. The minimum atomic E-state index is -1.45. The van der Waals surface area contributed by atoms with Crippen LogP contribution in [0.2, 0.25) is 0 Å². The summed E-state index contributed by atoms with van der Waals surface area (Å²) in [7, 11) is 0. The van der Waals surface area contributed by atoms with Gasteiger partial charge in [0, 0.05) is 6.07 Å². The van der Waals surface area contributed by atoms with Crippen molar-refractivity contribution >= 4 is 11.7 Å². The van der Waals surface area contributed by atoms with E-state index in [9.17, 15) is 19.3 Å². The predicted octanol–water partition coefficient (Wildman–Crippen LogP) is 2.93. The van der Waals surface area contributed by atoms with Crippen LogP contribution in [0.3, 0.4) is 0 Å². The zero-order valence-corrected chi connectivity index (χ0v) is 10.7. The SMILES string of the molecule is Cc1cccc([N+](=O)[O-])c1Oc1ncc(F)cc1C(=O)O. The molecule has 0 atom stereocenters. The number of aromatic carboxylic acids is 1. The number of nitro benzene ring substituents is 1. The van der Waals surface area contributed by atoms with Gasteiger partial charge in [0.1, 0.15) is 11.4 Å². The normalized spacial score (nSPS) is 10.2. The number of hydrogen-bond acceptors (Lipinski definition) is 5. The maximum atomic E-state index is 13.0. The summed E-state index contributed by atoms with van der Waals surface area (Å²) >= 11 is 0. The van der Waals surface area contributed by atoms with Crippen molar-refractivity contribution in [3.8, 4) is 11.6 Å². The molecule has 0 aliphatic heterocycles. The number of benzene rings is 1. The molecule has 0 amide bonds.